The molecule has 1 heterocycles. The number of benzene rings is 2. The number of anilines is 1. The van der Waals surface area contributed by atoms with E-state index in [-0.39, 0.29) is 11.7 Å². The van der Waals surface area contributed by atoms with Gasteiger partial charge in [0.05, 0.1) is 0 Å². The molecule has 4 heteroatoms. The van der Waals surface area contributed by atoms with Crippen molar-refractivity contribution in [1.82, 2.24) is 4.57 Å². The minimum atomic E-state index is -0.209. The van der Waals surface area contributed by atoms with Gasteiger partial charge in [-0.15, -0.1) is 0 Å². The quantitative estimate of drug-likeness (QED) is 0.771. The highest BCUT2D eigenvalue weighted by molar-refractivity contribution is 6.04. The van der Waals surface area contributed by atoms with Gasteiger partial charge in [-0.25, -0.2) is 0 Å². The maximum atomic E-state index is 12.1. The number of phenolic OH excluding ortho intramolecular Hbond substituents is 1. The fourth-order valence-electron chi connectivity index (χ4n) is 2.08. The number of carbonyl (C=O) groups excluding carboxylic acids is 1. The maximum absolute atomic E-state index is 12.1. The Morgan fingerprint density at radius 1 is 0.952 bits per heavy atom. The molecule has 21 heavy (non-hydrogen) atoms. The van der Waals surface area contributed by atoms with Crippen molar-refractivity contribution >= 4 is 11.6 Å². The van der Waals surface area contributed by atoms with E-state index in [4.69, 9.17) is 0 Å². The van der Waals surface area contributed by atoms with Crippen molar-refractivity contribution in [2.75, 3.05) is 5.32 Å². The number of hydrogen-bond donors (Lipinski definition) is 2. The molecule has 0 bridgehead atoms. The molecule has 3 aromatic rings. The molecule has 2 aromatic carbocycles. The van der Waals surface area contributed by atoms with Crippen LogP contribution in [0.3, 0.4) is 0 Å². The van der Waals surface area contributed by atoms with Gasteiger partial charge in [0.15, 0.2) is 0 Å². The fourth-order valence-corrected chi connectivity index (χ4v) is 2.08. The smallest absolute Gasteiger partial charge is 0.255 e. The first-order chi connectivity index (χ1) is 10.2. The van der Waals surface area contributed by atoms with Crippen molar-refractivity contribution < 1.29 is 9.90 Å². The number of phenols is 1. The Labute approximate surface area is 122 Å². The van der Waals surface area contributed by atoms with Gasteiger partial charge in [0.25, 0.3) is 5.91 Å². The average molecular weight is 278 g/mol. The Bertz CT molecular complexity index is 747. The van der Waals surface area contributed by atoms with Crippen molar-refractivity contribution in [3.63, 3.8) is 0 Å². The third-order valence-corrected chi connectivity index (χ3v) is 3.14. The zero-order valence-electron chi connectivity index (χ0n) is 11.2. The normalized spacial score (nSPS) is 10.3. The van der Waals surface area contributed by atoms with Crippen LogP contribution in [0.1, 0.15) is 10.4 Å². The lowest BCUT2D eigenvalue weighted by molar-refractivity contribution is 0.102. The second-order valence-corrected chi connectivity index (χ2v) is 4.64. The predicted molar refractivity (Wildman–Crippen MR) is 81.8 cm³/mol. The van der Waals surface area contributed by atoms with Gasteiger partial charge in [0.1, 0.15) is 5.75 Å². The third kappa shape index (κ3) is 2.95. The van der Waals surface area contributed by atoms with Crippen LogP contribution in [0, 0.1) is 0 Å². The van der Waals surface area contributed by atoms with Gasteiger partial charge in [-0.3, -0.25) is 4.79 Å². The number of rotatable bonds is 3. The number of hydrogen-bond acceptors (Lipinski definition) is 2. The van der Waals surface area contributed by atoms with Gasteiger partial charge in [-0.2, -0.15) is 0 Å². The molecule has 2 N–H and O–H groups in total. The van der Waals surface area contributed by atoms with Gasteiger partial charge in [-0.05, 0) is 48.5 Å². The second kappa shape index (κ2) is 5.54. The predicted octanol–water partition coefficient (Wildman–Crippen LogP) is 3.44. The third-order valence-electron chi connectivity index (χ3n) is 3.14. The van der Waals surface area contributed by atoms with Crippen LogP contribution >= 0.6 is 0 Å². The van der Waals surface area contributed by atoms with E-state index >= 15 is 0 Å². The summed E-state index contributed by atoms with van der Waals surface area (Å²) >= 11 is 0. The number of carbonyl (C=O) groups is 1. The average Bonchev–Trinajstić information content (AvgIpc) is 3.01. The zero-order valence-corrected chi connectivity index (χ0v) is 11.2. The SMILES string of the molecule is O=C(Nc1cccc(O)c1)c1ccc(-n2cccc2)cc1. The maximum Gasteiger partial charge on any atom is 0.255 e. The van der Waals surface area contributed by atoms with Crippen LogP contribution in [0.15, 0.2) is 73.1 Å². The number of aromatic hydroxyl groups is 1. The summed E-state index contributed by atoms with van der Waals surface area (Å²) in [5, 5.41) is 12.1. The molecule has 0 unspecified atom stereocenters. The number of aromatic nitrogens is 1. The topological polar surface area (TPSA) is 54.3 Å². The Hall–Kier alpha value is -3.01. The largest absolute Gasteiger partial charge is 0.508 e. The molecular formula is C17H14N2O2. The summed E-state index contributed by atoms with van der Waals surface area (Å²) in [6.45, 7) is 0. The molecule has 0 saturated carbocycles. The molecule has 0 spiro atoms. The molecule has 0 fully saturated rings. The highest BCUT2D eigenvalue weighted by Gasteiger charge is 2.06. The minimum Gasteiger partial charge on any atom is -0.508 e. The van der Waals surface area contributed by atoms with Gasteiger partial charge in [0, 0.05) is 35.4 Å². The lowest BCUT2D eigenvalue weighted by Crippen LogP contribution is -2.11. The first-order valence-corrected chi connectivity index (χ1v) is 6.56. The Balaban J connectivity index is 1.76. The molecule has 0 aliphatic heterocycles. The van der Waals surface area contributed by atoms with E-state index in [0.29, 0.717) is 11.3 Å². The Kier molecular flexibility index (Phi) is 3.43. The number of nitrogens with one attached hydrogen (secondary N) is 1. The van der Waals surface area contributed by atoms with E-state index in [2.05, 4.69) is 5.32 Å². The number of nitrogens with zero attached hydrogens (tertiary/aromatic N) is 1. The summed E-state index contributed by atoms with van der Waals surface area (Å²) < 4.78 is 1.97. The molecule has 0 atom stereocenters. The summed E-state index contributed by atoms with van der Waals surface area (Å²) in [5.41, 5.74) is 2.12. The summed E-state index contributed by atoms with van der Waals surface area (Å²) in [5.74, 6) is -0.0876. The van der Waals surface area contributed by atoms with Crippen LogP contribution < -0.4 is 5.32 Å². The van der Waals surface area contributed by atoms with Gasteiger partial charge in [-0.1, -0.05) is 6.07 Å². The van der Waals surface area contributed by atoms with Crippen molar-refractivity contribution in [3.8, 4) is 11.4 Å². The highest BCUT2D eigenvalue weighted by atomic mass is 16.3. The second-order valence-electron chi connectivity index (χ2n) is 4.64. The van der Waals surface area contributed by atoms with E-state index in [9.17, 15) is 9.90 Å². The lowest BCUT2D eigenvalue weighted by atomic mass is 10.2. The molecule has 0 aliphatic carbocycles. The van der Waals surface area contributed by atoms with Crippen LogP contribution in [-0.2, 0) is 0 Å². The summed E-state index contributed by atoms with van der Waals surface area (Å²) in [4.78, 5) is 12.1. The van der Waals surface area contributed by atoms with Crippen LogP contribution in [0.2, 0.25) is 0 Å². The first kappa shape index (κ1) is 13.0. The van der Waals surface area contributed by atoms with E-state index < -0.39 is 0 Å². The van der Waals surface area contributed by atoms with E-state index in [1.807, 2.05) is 41.2 Å². The van der Waals surface area contributed by atoms with E-state index in [0.717, 1.165) is 5.69 Å². The van der Waals surface area contributed by atoms with E-state index in [1.54, 1.807) is 30.3 Å². The zero-order chi connectivity index (χ0) is 14.7. The van der Waals surface area contributed by atoms with Gasteiger partial charge in [0.2, 0.25) is 0 Å². The molecule has 3 rings (SSSR count). The lowest BCUT2D eigenvalue weighted by Gasteiger charge is -2.07. The molecule has 0 radical (unpaired) electrons. The van der Waals surface area contributed by atoms with Crippen molar-refractivity contribution in [3.05, 3.63) is 78.6 Å². The highest BCUT2D eigenvalue weighted by Crippen LogP contribution is 2.17. The molecular weight excluding hydrogens is 264 g/mol. The van der Waals surface area contributed by atoms with Gasteiger partial charge < -0.3 is 15.0 Å². The van der Waals surface area contributed by atoms with Crippen LogP contribution in [0.4, 0.5) is 5.69 Å². The molecule has 1 aromatic heterocycles. The van der Waals surface area contributed by atoms with Crippen molar-refractivity contribution in [2.24, 2.45) is 0 Å². The molecule has 104 valence electrons. The summed E-state index contributed by atoms with van der Waals surface area (Å²) in [6.07, 6.45) is 3.89. The van der Waals surface area contributed by atoms with Crippen molar-refractivity contribution in [1.29, 1.82) is 0 Å². The summed E-state index contributed by atoms with van der Waals surface area (Å²) in [7, 11) is 0. The fraction of sp³-hybridized carbons (Fsp3) is 0. The minimum absolute atomic E-state index is 0.121. The van der Waals surface area contributed by atoms with Crippen LogP contribution in [-0.4, -0.2) is 15.6 Å². The van der Waals surface area contributed by atoms with Crippen molar-refractivity contribution in [2.45, 2.75) is 0 Å². The summed E-state index contributed by atoms with van der Waals surface area (Å²) in [6, 6.07) is 17.7. The van der Waals surface area contributed by atoms with Crippen LogP contribution in [0.5, 0.6) is 5.75 Å². The standard InChI is InChI=1S/C17H14N2O2/c20-16-5-3-4-14(12-16)18-17(21)13-6-8-15(9-7-13)19-10-1-2-11-19/h1-12,20H,(H,18,21). The monoisotopic (exact) mass is 278 g/mol. The van der Waals surface area contributed by atoms with Gasteiger partial charge >= 0.3 is 0 Å². The Morgan fingerprint density at radius 3 is 2.33 bits per heavy atom. The molecule has 0 aliphatic rings. The van der Waals surface area contributed by atoms with E-state index in [1.165, 1.54) is 6.07 Å². The molecule has 1 amide bonds. The molecule has 0 saturated heterocycles. The Morgan fingerprint density at radius 2 is 1.67 bits per heavy atom. The van der Waals surface area contributed by atoms with Crippen LogP contribution in [0.25, 0.3) is 5.69 Å². The molecule has 4 nitrogen and oxygen atoms in total. The number of amides is 1. The first-order valence-electron chi connectivity index (χ1n) is 6.56.